The standard InChI is InChI=1S/C14H12N4O2/c1-10-6-7-14(20)18(17-10)9-13(19)16-12-5-3-2-4-11(12)8-15/h2-7H,9H2,1H3,(H,16,19). The van der Waals surface area contributed by atoms with Crippen LogP contribution in [0.25, 0.3) is 0 Å². The third-order valence-corrected chi connectivity index (χ3v) is 2.61. The van der Waals surface area contributed by atoms with E-state index in [1.54, 1.807) is 37.3 Å². The zero-order chi connectivity index (χ0) is 14.5. The van der Waals surface area contributed by atoms with Gasteiger partial charge in [0.1, 0.15) is 12.6 Å². The third-order valence-electron chi connectivity index (χ3n) is 2.61. The highest BCUT2D eigenvalue weighted by molar-refractivity contribution is 5.91. The number of rotatable bonds is 3. The molecule has 0 spiro atoms. The lowest BCUT2D eigenvalue weighted by Crippen LogP contribution is -2.29. The summed E-state index contributed by atoms with van der Waals surface area (Å²) in [5, 5.41) is 15.5. The van der Waals surface area contributed by atoms with Crippen LogP contribution in [0, 0.1) is 18.3 Å². The van der Waals surface area contributed by atoms with Gasteiger partial charge in [0.25, 0.3) is 5.56 Å². The van der Waals surface area contributed by atoms with Crippen LogP contribution >= 0.6 is 0 Å². The monoisotopic (exact) mass is 268 g/mol. The first-order chi connectivity index (χ1) is 9.60. The summed E-state index contributed by atoms with van der Waals surface area (Å²) in [6.45, 7) is 1.54. The van der Waals surface area contributed by atoms with Gasteiger partial charge in [0.2, 0.25) is 5.91 Å². The molecule has 0 bridgehead atoms. The molecule has 1 aromatic carbocycles. The molecular formula is C14H12N4O2. The Labute approximate surface area is 115 Å². The predicted molar refractivity (Wildman–Crippen MR) is 73.0 cm³/mol. The van der Waals surface area contributed by atoms with Crippen molar-refractivity contribution in [1.82, 2.24) is 9.78 Å². The molecule has 2 rings (SSSR count). The number of amides is 1. The van der Waals surface area contributed by atoms with E-state index in [2.05, 4.69) is 10.4 Å². The molecule has 0 saturated heterocycles. The molecule has 0 radical (unpaired) electrons. The summed E-state index contributed by atoms with van der Waals surface area (Å²) in [5.41, 5.74) is 1.08. The Morgan fingerprint density at radius 1 is 1.35 bits per heavy atom. The Hall–Kier alpha value is -2.94. The first-order valence-corrected chi connectivity index (χ1v) is 5.94. The zero-order valence-corrected chi connectivity index (χ0v) is 10.8. The van der Waals surface area contributed by atoms with Gasteiger partial charge in [0.05, 0.1) is 16.9 Å². The largest absolute Gasteiger partial charge is 0.323 e. The normalized spacial score (nSPS) is 9.80. The van der Waals surface area contributed by atoms with Gasteiger partial charge in [-0.15, -0.1) is 0 Å². The van der Waals surface area contributed by atoms with Gasteiger partial charge in [-0.05, 0) is 25.1 Å². The number of carbonyl (C=O) groups excluding carboxylic acids is 1. The zero-order valence-electron chi connectivity index (χ0n) is 10.8. The van der Waals surface area contributed by atoms with E-state index in [4.69, 9.17) is 5.26 Å². The van der Waals surface area contributed by atoms with Crippen molar-refractivity contribution in [1.29, 1.82) is 5.26 Å². The van der Waals surface area contributed by atoms with Crippen LogP contribution < -0.4 is 10.9 Å². The van der Waals surface area contributed by atoms with Gasteiger partial charge in [-0.3, -0.25) is 9.59 Å². The van der Waals surface area contributed by atoms with E-state index in [9.17, 15) is 9.59 Å². The van der Waals surface area contributed by atoms with E-state index in [0.717, 1.165) is 4.68 Å². The van der Waals surface area contributed by atoms with Crippen LogP contribution in [0.3, 0.4) is 0 Å². The fourth-order valence-electron chi connectivity index (χ4n) is 1.68. The molecule has 20 heavy (non-hydrogen) atoms. The molecule has 0 fully saturated rings. The van der Waals surface area contributed by atoms with Crippen molar-refractivity contribution in [3.63, 3.8) is 0 Å². The lowest BCUT2D eigenvalue weighted by molar-refractivity contribution is -0.117. The van der Waals surface area contributed by atoms with Gasteiger partial charge in [0, 0.05) is 6.07 Å². The van der Waals surface area contributed by atoms with Gasteiger partial charge in [-0.25, -0.2) is 4.68 Å². The fourth-order valence-corrected chi connectivity index (χ4v) is 1.68. The Morgan fingerprint density at radius 3 is 2.85 bits per heavy atom. The smallest absolute Gasteiger partial charge is 0.267 e. The van der Waals surface area contributed by atoms with Crippen LogP contribution in [0.5, 0.6) is 0 Å². The maximum absolute atomic E-state index is 11.9. The summed E-state index contributed by atoms with van der Waals surface area (Å²) >= 11 is 0. The minimum atomic E-state index is -0.409. The highest BCUT2D eigenvalue weighted by Gasteiger charge is 2.08. The molecule has 0 aliphatic rings. The van der Waals surface area contributed by atoms with Gasteiger partial charge in [0.15, 0.2) is 0 Å². The Morgan fingerprint density at radius 2 is 2.10 bits per heavy atom. The van der Waals surface area contributed by atoms with E-state index in [1.807, 2.05) is 6.07 Å². The highest BCUT2D eigenvalue weighted by atomic mass is 16.2. The average molecular weight is 268 g/mol. The molecule has 1 amide bonds. The Balaban J connectivity index is 2.16. The van der Waals surface area contributed by atoms with Crippen LogP contribution in [0.15, 0.2) is 41.2 Å². The molecule has 1 heterocycles. The molecule has 0 atom stereocenters. The molecule has 1 N–H and O–H groups in total. The van der Waals surface area contributed by atoms with Crippen LogP contribution in [0.4, 0.5) is 5.69 Å². The van der Waals surface area contributed by atoms with Crippen molar-refractivity contribution in [2.45, 2.75) is 13.5 Å². The molecule has 100 valence electrons. The highest BCUT2D eigenvalue weighted by Crippen LogP contribution is 2.13. The quantitative estimate of drug-likeness (QED) is 0.901. The average Bonchev–Trinajstić information content (AvgIpc) is 2.43. The third kappa shape index (κ3) is 3.09. The molecule has 0 aliphatic carbocycles. The van der Waals surface area contributed by atoms with Gasteiger partial charge >= 0.3 is 0 Å². The molecule has 1 aromatic heterocycles. The van der Waals surface area contributed by atoms with Gasteiger partial charge in [-0.1, -0.05) is 12.1 Å². The number of nitrogens with one attached hydrogen (secondary N) is 1. The number of nitriles is 1. The van der Waals surface area contributed by atoms with Crippen molar-refractivity contribution in [3.8, 4) is 6.07 Å². The lowest BCUT2D eigenvalue weighted by Gasteiger charge is -2.08. The molecule has 6 heteroatoms. The Bertz CT molecular complexity index is 743. The van der Waals surface area contributed by atoms with Crippen LogP contribution in [-0.4, -0.2) is 15.7 Å². The fraction of sp³-hybridized carbons (Fsp3) is 0.143. The summed E-state index contributed by atoms with van der Waals surface area (Å²) in [6.07, 6.45) is 0. The molecule has 0 saturated carbocycles. The van der Waals surface area contributed by atoms with Crippen molar-refractivity contribution < 1.29 is 4.79 Å². The van der Waals surface area contributed by atoms with E-state index in [0.29, 0.717) is 16.9 Å². The first-order valence-electron chi connectivity index (χ1n) is 5.94. The SMILES string of the molecule is Cc1ccc(=O)n(CC(=O)Nc2ccccc2C#N)n1. The number of hydrogen-bond acceptors (Lipinski definition) is 4. The summed E-state index contributed by atoms with van der Waals surface area (Å²) in [5.74, 6) is -0.409. The maximum Gasteiger partial charge on any atom is 0.267 e. The van der Waals surface area contributed by atoms with E-state index < -0.39 is 5.91 Å². The molecule has 0 aliphatic heterocycles. The maximum atomic E-state index is 11.9. The minimum absolute atomic E-state index is 0.194. The summed E-state index contributed by atoms with van der Waals surface area (Å²) in [6, 6.07) is 11.6. The van der Waals surface area contributed by atoms with Crippen molar-refractivity contribution in [3.05, 3.63) is 58.0 Å². The number of carbonyl (C=O) groups is 1. The number of para-hydroxylation sites is 1. The molecular weight excluding hydrogens is 256 g/mol. The van der Waals surface area contributed by atoms with Crippen LogP contribution in [0.2, 0.25) is 0 Å². The van der Waals surface area contributed by atoms with Gasteiger partial charge < -0.3 is 5.32 Å². The molecule has 0 unspecified atom stereocenters. The number of aryl methyl sites for hydroxylation is 1. The van der Waals surface area contributed by atoms with Crippen LogP contribution in [0.1, 0.15) is 11.3 Å². The minimum Gasteiger partial charge on any atom is -0.323 e. The summed E-state index contributed by atoms with van der Waals surface area (Å²) in [4.78, 5) is 23.4. The number of anilines is 1. The number of nitrogens with zero attached hydrogens (tertiary/aromatic N) is 3. The second-order valence-corrected chi connectivity index (χ2v) is 4.18. The first kappa shape index (κ1) is 13.5. The van der Waals surface area contributed by atoms with Crippen molar-refractivity contribution in [2.75, 3.05) is 5.32 Å². The van der Waals surface area contributed by atoms with Crippen molar-refractivity contribution in [2.24, 2.45) is 0 Å². The van der Waals surface area contributed by atoms with Crippen LogP contribution in [-0.2, 0) is 11.3 Å². The molecule has 2 aromatic rings. The summed E-state index contributed by atoms with van der Waals surface area (Å²) in [7, 11) is 0. The number of aromatic nitrogens is 2. The second-order valence-electron chi connectivity index (χ2n) is 4.18. The van der Waals surface area contributed by atoms with Crippen molar-refractivity contribution >= 4 is 11.6 Å². The second kappa shape index (κ2) is 5.80. The van der Waals surface area contributed by atoms with Gasteiger partial charge in [-0.2, -0.15) is 10.4 Å². The lowest BCUT2D eigenvalue weighted by atomic mass is 10.2. The van der Waals surface area contributed by atoms with E-state index >= 15 is 0 Å². The predicted octanol–water partition coefficient (Wildman–Crippen LogP) is 1.06. The van der Waals surface area contributed by atoms with E-state index in [1.165, 1.54) is 6.07 Å². The topological polar surface area (TPSA) is 87.8 Å². The Kier molecular flexibility index (Phi) is 3.91. The number of benzene rings is 1. The van der Waals surface area contributed by atoms with E-state index in [-0.39, 0.29) is 12.1 Å². The molecule has 6 nitrogen and oxygen atoms in total. The number of hydrogen-bond donors (Lipinski definition) is 1. The summed E-state index contributed by atoms with van der Waals surface area (Å²) < 4.78 is 1.08.